The van der Waals surface area contributed by atoms with E-state index >= 15 is 0 Å². The van der Waals surface area contributed by atoms with Crippen LogP contribution >= 0.6 is 15.9 Å². The van der Waals surface area contributed by atoms with E-state index in [1.807, 2.05) is 32.8 Å². The third-order valence-electron chi connectivity index (χ3n) is 3.25. The average Bonchev–Trinajstić information content (AvgIpc) is 2.33. The van der Waals surface area contributed by atoms with Crippen LogP contribution in [0, 0.1) is 0 Å². The maximum atomic E-state index is 12.2. The van der Waals surface area contributed by atoms with Gasteiger partial charge >= 0.3 is 0 Å². The number of aliphatic hydroxyl groups is 1. The van der Waals surface area contributed by atoms with Crippen LogP contribution in [0.5, 0.6) is 0 Å². The summed E-state index contributed by atoms with van der Waals surface area (Å²) in [4.78, 5) is 14.2. The molecule has 0 saturated carbocycles. The van der Waals surface area contributed by atoms with Crippen molar-refractivity contribution in [3.05, 3.63) is 21.0 Å². The molecule has 0 amide bonds. The van der Waals surface area contributed by atoms with Crippen LogP contribution in [0.15, 0.2) is 15.5 Å². The lowest BCUT2D eigenvalue weighted by atomic mass is 9.98. The highest BCUT2D eigenvalue weighted by Gasteiger charge is 2.25. The van der Waals surface area contributed by atoms with Crippen LogP contribution in [0.4, 0.5) is 5.69 Å². The summed E-state index contributed by atoms with van der Waals surface area (Å²) >= 11 is 3.31. The Morgan fingerprint density at radius 2 is 2.15 bits per heavy atom. The standard InChI is InChI=1S/C13H23BrN4O2/c1-9(19)13(2,3)16-10-8-15-18(7-6-17(4)5)12(20)11(10)14/h8-9,16,19H,6-7H2,1-5H3. The minimum Gasteiger partial charge on any atom is -0.391 e. The van der Waals surface area contributed by atoms with Crippen molar-refractivity contribution in [2.45, 2.75) is 39.0 Å². The van der Waals surface area contributed by atoms with Crippen molar-refractivity contribution in [1.82, 2.24) is 14.7 Å². The summed E-state index contributed by atoms with van der Waals surface area (Å²) in [5.74, 6) is 0. The number of hydrogen-bond acceptors (Lipinski definition) is 5. The van der Waals surface area contributed by atoms with Crippen molar-refractivity contribution in [1.29, 1.82) is 0 Å². The summed E-state index contributed by atoms with van der Waals surface area (Å²) < 4.78 is 1.85. The number of rotatable bonds is 6. The van der Waals surface area contributed by atoms with Crippen molar-refractivity contribution in [3.63, 3.8) is 0 Å². The first kappa shape index (κ1) is 17.1. The fourth-order valence-corrected chi connectivity index (χ4v) is 1.86. The second kappa shape index (κ2) is 6.69. The largest absolute Gasteiger partial charge is 0.391 e. The molecule has 114 valence electrons. The van der Waals surface area contributed by atoms with Gasteiger partial charge in [-0.2, -0.15) is 5.10 Å². The minimum absolute atomic E-state index is 0.182. The zero-order valence-corrected chi connectivity index (χ0v) is 14.2. The normalized spacial score (nSPS) is 13.6. The molecule has 7 heteroatoms. The molecule has 0 bridgehead atoms. The first-order valence-corrected chi connectivity index (χ1v) is 7.31. The van der Waals surface area contributed by atoms with E-state index in [2.05, 4.69) is 26.3 Å². The molecule has 1 aromatic rings. The number of aliphatic hydroxyl groups excluding tert-OH is 1. The predicted octanol–water partition coefficient (Wildman–Crippen LogP) is 1.14. The molecule has 6 nitrogen and oxygen atoms in total. The van der Waals surface area contributed by atoms with Crippen molar-refractivity contribution in [2.24, 2.45) is 0 Å². The smallest absolute Gasteiger partial charge is 0.283 e. The van der Waals surface area contributed by atoms with Crippen LogP contribution in [-0.4, -0.2) is 52.1 Å². The highest BCUT2D eigenvalue weighted by Crippen LogP contribution is 2.22. The number of hydrogen-bond donors (Lipinski definition) is 2. The molecule has 1 aromatic heterocycles. The molecule has 0 aromatic carbocycles. The van der Waals surface area contributed by atoms with E-state index in [1.165, 1.54) is 4.68 Å². The van der Waals surface area contributed by atoms with E-state index in [1.54, 1.807) is 13.1 Å². The fraction of sp³-hybridized carbons (Fsp3) is 0.692. The molecule has 0 aliphatic rings. The van der Waals surface area contributed by atoms with Gasteiger partial charge in [-0.05, 0) is 50.8 Å². The number of anilines is 1. The van der Waals surface area contributed by atoms with Crippen molar-refractivity contribution >= 4 is 21.6 Å². The third kappa shape index (κ3) is 4.29. The Labute approximate surface area is 127 Å². The third-order valence-corrected chi connectivity index (χ3v) is 4.01. The van der Waals surface area contributed by atoms with E-state index in [0.29, 0.717) is 16.7 Å². The van der Waals surface area contributed by atoms with E-state index < -0.39 is 11.6 Å². The fourth-order valence-electron chi connectivity index (χ4n) is 1.46. The Kier molecular flexibility index (Phi) is 5.73. The maximum absolute atomic E-state index is 12.2. The Morgan fingerprint density at radius 1 is 1.55 bits per heavy atom. The molecular formula is C13H23BrN4O2. The number of nitrogens with zero attached hydrogens (tertiary/aromatic N) is 3. The van der Waals surface area contributed by atoms with Gasteiger partial charge in [-0.1, -0.05) is 0 Å². The molecule has 1 heterocycles. The minimum atomic E-state index is -0.564. The zero-order chi connectivity index (χ0) is 15.5. The first-order chi connectivity index (χ1) is 9.15. The number of halogens is 1. The molecule has 20 heavy (non-hydrogen) atoms. The lowest BCUT2D eigenvalue weighted by Crippen LogP contribution is -2.42. The molecule has 1 rings (SSSR count). The van der Waals surface area contributed by atoms with Crippen molar-refractivity contribution in [3.8, 4) is 0 Å². The topological polar surface area (TPSA) is 70.4 Å². The molecule has 0 aliphatic heterocycles. The van der Waals surface area contributed by atoms with Gasteiger partial charge in [0.15, 0.2) is 0 Å². The lowest BCUT2D eigenvalue weighted by Gasteiger charge is -2.30. The molecule has 2 N–H and O–H groups in total. The van der Waals surface area contributed by atoms with E-state index in [9.17, 15) is 9.90 Å². The van der Waals surface area contributed by atoms with Crippen LogP contribution in [0.25, 0.3) is 0 Å². The van der Waals surface area contributed by atoms with Crippen LogP contribution in [0.2, 0.25) is 0 Å². The Balaban J connectivity index is 2.98. The molecule has 0 spiro atoms. The quantitative estimate of drug-likeness (QED) is 0.808. The molecule has 0 aliphatic carbocycles. The summed E-state index contributed by atoms with van der Waals surface area (Å²) in [5.41, 5.74) is -0.146. The summed E-state index contributed by atoms with van der Waals surface area (Å²) in [6.45, 7) is 6.70. The summed E-state index contributed by atoms with van der Waals surface area (Å²) in [5, 5.41) is 17.0. The predicted molar refractivity (Wildman–Crippen MR) is 84.1 cm³/mol. The summed E-state index contributed by atoms with van der Waals surface area (Å²) in [6, 6.07) is 0. The number of likely N-dealkylation sites (N-methyl/N-ethyl adjacent to an activating group) is 1. The van der Waals surface area contributed by atoms with Crippen LogP contribution < -0.4 is 10.9 Å². The summed E-state index contributed by atoms with van der Waals surface area (Å²) in [6.07, 6.45) is 1.04. The zero-order valence-electron chi connectivity index (χ0n) is 12.6. The molecule has 1 unspecified atom stereocenters. The maximum Gasteiger partial charge on any atom is 0.283 e. The molecule has 0 radical (unpaired) electrons. The monoisotopic (exact) mass is 346 g/mol. The first-order valence-electron chi connectivity index (χ1n) is 6.51. The highest BCUT2D eigenvalue weighted by atomic mass is 79.9. The van der Waals surface area contributed by atoms with Gasteiger partial charge in [0.1, 0.15) is 4.47 Å². The van der Waals surface area contributed by atoms with Crippen molar-refractivity contribution < 1.29 is 5.11 Å². The van der Waals surface area contributed by atoms with Gasteiger partial charge in [0.25, 0.3) is 5.56 Å². The molecule has 1 atom stereocenters. The van der Waals surface area contributed by atoms with Crippen LogP contribution in [0.3, 0.4) is 0 Å². The van der Waals surface area contributed by atoms with Gasteiger partial charge in [-0.25, -0.2) is 4.68 Å². The number of aromatic nitrogens is 2. The van der Waals surface area contributed by atoms with Crippen LogP contribution in [-0.2, 0) is 6.54 Å². The average molecular weight is 347 g/mol. The Hall–Kier alpha value is -0.920. The number of nitrogens with one attached hydrogen (secondary N) is 1. The molecule has 0 saturated heterocycles. The van der Waals surface area contributed by atoms with Gasteiger partial charge in [0.2, 0.25) is 0 Å². The molecule has 0 fully saturated rings. The van der Waals surface area contributed by atoms with E-state index in [0.717, 1.165) is 6.54 Å². The summed E-state index contributed by atoms with van der Waals surface area (Å²) in [7, 11) is 3.89. The van der Waals surface area contributed by atoms with E-state index in [4.69, 9.17) is 0 Å². The van der Waals surface area contributed by atoms with Crippen LogP contribution in [0.1, 0.15) is 20.8 Å². The van der Waals surface area contributed by atoms with Crippen molar-refractivity contribution in [2.75, 3.05) is 26.0 Å². The van der Waals surface area contributed by atoms with E-state index in [-0.39, 0.29) is 5.56 Å². The lowest BCUT2D eigenvalue weighted by molar-refractivity contribution is 0.133. The van der Waals surface area contributed by atoms with Gasteiger partial charge in [-0.3, -0.25) is 4.79 Å². The molecular weight excluding hydrogens is 324 g/mol. The van der Waals surface area contributed by atoms with Gasteiger partial charge < -0.3 is 15.3 Å². The van der Waals surface area contributed by atoms with Gasteiger partial charge in [-0.15, -0.1) is 0 Å². The second-order valence-electron chi connectivity index (χ2n) is 5.73. The SMILES string of the molecule is CC(O)C(C)(C)Nc1cnn(CCN(C)C)c(=O)c1Br. The Morgan fingerprint density at radius 3 is 2.65 bits per heavy atom. The van der Waals surface area contributed by atoms with Gasteiger partial charge in [0, 0.05) is 6.54 Å². The second-order valence-corrected chi connectivity index (χ2v) is 6.52. The highest BCUT2D eigenvalue weighted by molar-refractivity contribution is 9.10. The van der Waals surface area contributed by atoms with Gasteiger partial charge in [0.05, 0.1) is 30.1 Å². The Bertz CT molecular complexity index is 512.